The first-order valence-electron chi connectivity index (χ1n) is 10.4. The maximum Gasteiger partial charge on any atom is 0.329 e. The number of ether oxygens (including phenoxy) is 2. The Bertz CT molecular complexity index is 929. The zero-order chi connectivity index (χ0) is 18.2. The molecule has 1 spiro atoms. The van der Waals surface area contributed by atoms with E-state index in [4.69, 9.17) is 9.47 Å². The van der Waals surface area contributed by atoms with Crippen LogP contribution in [0.2, 0.25) is 0 Å². The van der Waals surface area contributed by atoms with Gasteiger partial charge in [0, 0.05) is 34.6 Å². The molecule has 5 heteroatoms. The van der Waals surface area contributed by atoms with E-state index >= 15 is 0 Å². The number of benzene rings is 1. The zero-order valence-electron chi connectivity index (χ0n) is 15.8. The summed E-state index contributed by atoms with van der Waals surface area (Å²) in [5.41, 5.74) is 3.71. The quantitative estimate of drug-likeness (QED) is 0.833. The van der Waals surface area contributed by atoms with Crippen LogP contribution in [0, 0.1) is 0 Å². The van der Waals surface area contributed by atoms with Gasteiger partial charge in [-0.3, -0.25) is 4.90 Å². The Morgan fingerprint density at radius 2 is 2.11 bits per heavy atom. The lowest BCUT2D eigenvalue weighted by molar-refractivity contribution is -0.163. The first kappa shape index (κ1) is 16.0. The lowest BCUT2D eigenvalue weighted by atomic mass is 9.84. The number of hydrogen-bond donors (Lipinski definition) is 1. The first-order valence-corrected chi connectivity index (χ1v) is 10.4. The van der Waals surface area contributed by atoms with Crippen LogP contribution in [-0.2, 0) is 9.53 Å². The predicted molar refractivity (Wildman–Crippen MR) is 102 cm³/mol. The van der Waals surface area contributed by atoms with Crippen molar-refractivity contribution in [2.24, 2.45) is 0 Å². The number of nitrogens with one attached hydrogen (secondary N) is 1. The van der Waals surface area contributed by atoms with Gasteiger partial charge in [-0.2, -0.15) is 0 Å². The van der Waals surface area contributed by atoms with E-state index in [0.29, 0.717) is 5.92 Å². The fraction of sp³-hybridized carbons (Fsp3) is 0.591. The van der Waals surface area contributed by atoms with E-state index in [-0.39, 0.29) is 23.7 Å². The predicted octanol–water partition coefficient (Wildman–Crippen LogP) is 4.04. The maximum absolute atomic E-state index is 13.3. The minimum atomic E-state index is -0.271. The summed E-state index contributed by atoms with van der Waals surface area (Å²) in [6.45, 7) is 0.999. The number of H-pyrrole nitrogens is 1. The number of aromatic nitrogens is 1. The Hall–Kier alpha value is -2.01. The molecule has 2 aliphatic heterocycles. The molecule has 142 valence electrons. The van der Waals surface area contributed by atoms with Gasteiger partial charge in [0.1, 0.15) is 17.9 Å². The number of rotatable bonds is 3. The topological polar surface area (TPSA) is 54.6 Å². The average molecular weight is 366 g/mol. The third kappa shape index (κ3) is 2.12. The molecule has 2 aromatic rings. The van der Waals surface area contributed by atoms with Gasteiger partial charge in [-0.05, 0) is 62.3 Å². The Morgan fingerprint density at radius 3 is 2.85 bits per heavy atom. The van der Waals surface area contributed by atoms with Crippen molar-refractivity contribution >= 4 is 16.9 Å². The standard InChI is InChI=1S/C22H26N2O3/c1-26-14-7-8-17-15(11-14)18-16-12-22(16)9-10-24(22)20(19(18)23-17)21(25)27-13-5-3-2-4-6-13/h7-8,11,13,16,20,23H,2-6,9-10,12H2,1H3. The van der Waals surface area contributed by atoms with E-state index in [1.807, 2.05) is 6.07 Å². The monoisotopic (exact) mass is 366 g/mol. The highest BCUT2D eigenvalue weighted by molar-refractivity contribution is 5.91. The van der Waals surface area contributed by atoms with Crippen LogP contribution in [0.15, 0.2) is 18.2 Å². The molecule has 3 unspecified atom stereocenters. The number of carbonyl (C=O) groups is 1. The second kappa shape index (κ2) is 5.51. The second-order valence-electron chi connectivity index (χ2n) is 8.77. The lowest BCUT2D eigenvalue weighted by Gasteiger charge is -2.49. The van der Waals surface area contributed by atoms with E-state index in [2.05, 4.69) is 22.0 Å². The average Bonchev–Trinajstić information content (AvgIpc) is 3.35. The molecule has 0 amide bonds. The first-order chi connectivity index (χ1) is 13.2. The number of fused-ring (bicyclic) bond motifs is 4. The van der Waals surface area contributed by atoms with Crippen molar-refractivity contribution in [3.8, 4) is 5.75 Å². The minimum absolute atomic E-state index is 0.0499. The highest BCUT2D eigenvalue weighted by atomic mass is 16.5. The van der Waals surface area contributed by atoms with Crippen LogP contribution in [0.5, 0.6) is 5.75 Å². The molecule has 1 saturated heterocycles. The SMILES string of the molecule is COc1ccc2[nH]c3c(c2c1)C1CC12CCN2C3C(=O)OC1CCCCC1. The van der Waals surface area contributed by atoms with Gasteiger partial charge in [0.2, 0.25) is 0 Å². The fourth-order valence-electron chi connectivity index (χ4n) is 5.92. The molecule has 27 heavy (non-hydrogen) atoms. The van der Waals surface area contributed by atoms with Crippen LogP contribution in [0.3, 0.4) is 0 Å². The van der Waals surface area contributed by atoms with Gasteiger partial charge in [-0.1, -0.05) is 6.42 Å². The van der Waals surface area contributed by atoms with Crippen molar-refractivity contribution in [1.82, 2.24) is 9.88 Å². The number of hydrogen-bond acceptors (Lipinski definition) is 4. The summed E-state index contributed by atoms with van der Waals surface area (Å²) in [6.07, 6.45) is 8.12. The third-order valence-corrected chi connectivity index (χ3v) is 7.47. The molecule has 1 N–H and O–H groups in total. The summed E-state index contributed by atoms with van der Waals surface area (Å²) in [4.78, 5) is 19.3. The van der Waals surface area contributed by atoms with Gasteiger partial charge in [0.15, 0.2) is 0 Å². The van der Waals surface area contributed by atoms with Crippen molar-refractivity contribution in [3.63, 3.8) is 0 Å². The summed E-state index contributed by atoms with van der Waals surface area (Å²) in [7, 11) is 1.71. The summed E-state index contributed by atoms with van der Waals surface area (Å²) in [5, 5.41) is 1.22. The van der Waals surface area contributed by atoms with Crippen LogP contribution in [0.4, 0.5) is 0 Å². The largest absolute Gasteiger partial charge is 0.497 e. The van der Waals surface area contributed by atoms with Gasteiger partial charge in [-0.25, -0.2) is 4.79 Å². The molecule has 1 aromatic carbocycles. The Balaban J connectivity index is 1.41. The van der Waals surface area contributed by atoms with Crippen LogP contribution >= 0.6 is 0 Å². The number of aromatic amines is 1. The van der Waals surface area contributed by atoms with Gasteiger partial charge in [-0.15, -0.1) is 0 Å². The summed E-state index contributed by atoms with van der Waals surface area (Å²) >= 11 is 0. The summed E-state index contributed by atoms with van der Waals surface area (Å²) in [5.74, 6) is 1.36. The smallest absolute Gasteiger partial charge is 0.329 e. The normalized spacial score (nSPS) is 32.2. The molecule has 1 aromatic heterocycles. The van der Waals surface area contributed by atoms with Crippen molar-refractivity contribution < 1.29 is 14.3 Å². The van der Waals surface area contributed by atoms with Gasteiger partial charge in [0.05, 0.1) is 7.11 Å². The highest BCUT2D eigenvalue weighted by Crippen LogP contribution is 2.69. The van der Waals surface area contributed by atoms with Gasteiger partial charge >= 0.3 is 5.97 Å². The molecular weight excluding hydrogens is 340 g/mol. The molecule has 0 radical (unpaired) electrons. The number of methoxy groups -OCH3 is 1. The van der Waals surface area contributed by atoms with Crippen LogP contribution in [0.25, 0.3) is 10.9 Å². The molecule has 6 rings (SSSR count). The van der Waals surface area contributed by atoms with Crippen LogP contribution < -0.4 is 4.74 Å². The maximum atomic E-state index is 13.3. The van der Waals surface area contributed by atoms with E-state index in [9.17, 15) is 4.79 Å². The molecule has 5 nitrogen and oxygen atoms in total. The van der Waals surface area contributed by atoms with Crippen LogP contribution in [0.1, 0.15) is 68.2 Å². The molecule has 3 fully saturated rings. The third-order valence-electron chi connectivity index (χ3n) is 7.47. The lowest BCUT2D eigenvalue weighted by Crippen LogP contribution is -2.57. The number of esters is 1. The molecule has 2 saturated carbocycles. The van der Waals surface area contributed by atoms with E-state index in [1.54, 1.807) is 7.11 Å². The highest BCUT2D eigenvalue weighted by Gasteiger charge is 2.70. The molecule has 0 bridgehead atoms. The van der Waals surface area contributed by atoms with Gasteiger partial charge in [0.25, 0.3) is 0 Å². The molecular formula is C22H26N2O3. The molecule has 3 atom stereocenters. The van der Waals surface area contributed by atoms with Crippen molar-refractivity contribution in [1.29, 1.82) is 0 Å². The van der Waals surface area contributed by atoms with E-state index in [1.165, 1.54) is 36.6 Å². The van der Waals surface area contributed by atoms with Gasteiger partial charge < -0.3 is 14.5 Å². The summed E-state index contributed by atoms with van der Waals surface area (Å²) in [6, 6.07) is 5.90. The zero-order valence-corrected chi connectivity index (χ0v) is 15.8. The molecule has 4 aliphatic rings. The Morgan fingerprint density at radius 1 is 1.26 bits per heavy atom. The summed E-state index contributed by atoms with van der Waals surface area (Å²) < 4.78 is 11.5. The minimum Gasteiger partial charge on any atom is -0.497 e. The van der Waals surface area contributed by atoms with Crippen LogP contribution in [-0.4, -0.2) is 41.2 Å². The fourth-order valence-corrected chi connectivity index (χ4v) is 5.92. The number of carbonyl (C=O) groups excluding carboxylic acids is 1. The molecule has 3 heterocycles. The number of nitrogens with zero attached hydrogens (tertiary/aromatic N) is 1. The van der Waals surface area contributed by atoms with Crippen molar-refractivity contribution in [2.75, 3.05) is 13.7 Å². The van der Waals surface area contributed by atoms with E-state index in [0.717, 1.165) is 42.8 Å². The van der Waals surface area contributed by atoms with E-state index < -0.39 is 0 Å². The molecule has 2 aliphatic carbocycles. The van der Waals surface area contributed by atoms with Crippen molar-refractivity contribution in [2.45, 2.75) is 68.5 Å². The van der Waals surface area contributed by atoms with Crippen molar-refractivity contribution in [3.05, 3.63) is 29.5 Å². The Kier molecular flexibility index (Phi) is 3.26. The Labute approximate surface area is 159 Å². The second-order valence-corrected chi connectivity index (χ2v) is 8.77.